The Hall–Kier alpha value is -1.60. The third-order valence-corrected chi connectivity index (χ3v) is 3.87. The molecule has 7 heteroatoms. The van der Waals surface area contributed by atoms with E-state index in [1.807, 2.05) is 0 Å². The molecule has 0 bridgehead atoms. The van der Waals surface area contributed by atoms with Crippen LogP contribution in [0, 0.1) is 13.8 Å². The number of ether oxygens (including phenoxy) is 2. The van der Waals surface area contributed by atoms with Crippen LogP contribution in [-0.2, 0) is 14.8 Å². The smallest absolute Gasteiger partial charge is 0.341 e. The van der Waals surface area contributed by atoms with E-state index in [4.69, 9.17) is 14.6 Å². The van der Waals surface area contributed by atoms with E-state index in [0.29, 0.717) is 11.1 Å². The van der Waals surface area contributed by atoms with Gasteiger partial charge in [-0.2, -0.15) is 0 Å². The standard InChI is InChI=1S/C13H19NO5S/c1-5-18-11-10(13(15)19-6-2)7-8(3)9(4)12(11)20(14,16)17/h7H,5-6H2,1-4H3,(H2,14,16,17). The number of carbonyl (C=O) groups is 1. The van der Waals surface area contributed by atoms with Gasteiger partial charge in [0.15, 0.2) is 5.75 Å². The minimum absolute atomic E-state index is 0.0449. The van der Waals surface area contributed by atoms with Crippen LogP contribution in [-0.4, -0.2) is 27.6 Å². The average molecular weight is 301 g/mol. The fraction of sp³-hybridized carbons (Fsp3) is 0.462. The Bertz CT molecular complexity index is 622. The summed E-state index contributed by atoms with van der Waals surface area (Å²) in [7, 11) is -4.01. The Labute approximate surface area is 118 Å². The fourth-order valence-electron chi connectivity index (χ4n) is 1.85. The number of nitrogens with two attached hydrogens (primary N) is 1. The summed E-state index contributed by atoms with van der Waals surface area (Å²) >= 11 is 0. The van der Waals surface area contributed by atoms with Crippen LogP contribution >= 0.6 is 0 Å². The monoisotopic (exact) mass is 301 g/mol. The largest absolute Gasteiger partial charge is 0.492 e. The summed E-state index contributed by atoms with van der Waals surface area (Å²) in [5, 5.41) is 5.24. The molecule has 1 rings (SSSR count). The van der Waals surface area contributed by atoms with Gasteiger partial charge in [0, 0.05) is 0 Å². The van der Waals surface area contributed by atoms with Crippen molar-refractivity contribution < 1.29 is 22.7 Å². The molecule has 0 unspecified atom stereocenters. The van der Waals surface area contributed by atoms with E-state index in [2.05, 4.69) is 0 Å². The van der Waals surface area contributed by atoms with Gasteiger partial charge in [0.25, 0.3) is 0 Å². The molecule has 0 heterocycles. The molecule has 2 N–H and O–H groups in total. The lowest BCUT2D eigenvalue weighted by molar-refractivity contribution is 0.0521. The fourth-order valence-corrected chi connectivity index (χ4v) is 2.87. The van der Waals surface area contributed by atoms with Gasteiger partial charge in [-0.1, -0.05) is 0 Å². The lowest BCUT2D eigenvalue weighted by Gasteiger charge is -2.17. The summed E-state index contributed by atoms with van der Waals surface area (Å²) in [5.41, 5.74) is 1.16. The second-order valence-electron chi connectivity index (χ2n) is 4.22. The summed E-state index contributed by atoms with van der Waals surface area (Å²) in [4.78, 5) is 11.8. The van der Waals surface area contributed by atoms with Crippen LogP contribution < -0.4 is 9.88 Å². The van der Waals surface area contributed by atoms with E-state index in [1.54, 1.807) is 33.8 Å². The Morgan fingerprint density at radius 3 is 2.30 bits per heavy atom. The highest BCUT2D eigenvalue weighted by Gasteiger charge is 2.27. The van der Waals surface area contributed by atoms with Gasteiger partial charge in [0.2, 0.25) is 10.0 Å². The van der Waals surface area contributed by atoms with E-state index in [0.717, 1.165) is 0 Å². The van der Waals surface area contributed by atoms with E-state index in [-0.39, 0.29) is 29.4 Å². The zero-order chi connectivity index (χ0) is 15.5. The first-order chi connectivity index (χ1) is 9.23. The van der Waals surface area contributed by atoms with Gasteiger partial charge in [-0.25, -0.2) is 18.4 Å². The molecule has 0 amide bonds. The number of hydrogen-bond donors (Lipinski definition) is 1. The molecule has 20 heavy (non-hydrogen) atoms. The molecule has 0 saturated heterocycles. The maximum absolute atomic E-state index is 11.9. The number of hydrogen-bond acceptors (Lipinski definition) is 5. The Morgan fingerprint density at radius 1 is 1.25 bits per heavy atom. The molecule has 0 aliphatic heterocycles. The van der Waals surface area contributed by atoms with E-state index < -0.39 is 16.0 Å². The van der Waals surface area contributed by atoms with Gasteiger partial charge in [-0.05, 0) is 44.9 Å². The van der Waals surface area contributed by atoms with Crippen molar-refractivity contribution in [1.29, 1.82) is 0 Å². The topological polar surface area (TPSA) is 95.7 Å². The van der Waals surface area contributed by atoms with Gasteiger partial charge >= 0.3 is 5.97 Å². The minimum atomic E-state index is -4.01. The zero-order valence-electron chi connectivity index (χ0n) is 12.0. The van der Waals surface area contributed by atoms with Crippen molar-refractivity contribution >= 4 is 16.0 Å². The van der Waals surface area contributed by atoms with E-state index in [1.165, 1.54) is 0 Å². The normalized spacial score (nSPS) is 11.2. The number of benzene rings is 1. The molecule has 0 atom stereocenters. The first-order valence-corrected chi connectivity index (χ1v) is 7.75. The van der Waals surface area contributed by atoms with Crippen molar-refractivity contribution in [3.05, 3.63) is 22.8 Å². The molecule has 0 fully saturated rings. The summed E-state index contributed by atoms with van der Waals surface area (Å²) in [6, 6.07) is 1.55. The quantitative estimate of drug-likeness (QED) is 0.832. The molecule has 0 aromatic heterocycles. The zero-order valence-corrected chi connectivity index (χ0v) is 12.8. The maximum atomic E-state index is 11.9. The summed E-state index contributed by atoms with van der Waals surface area (Å²) in [6.45, 7) is 7.06. The van der Waals surface area contributed by atoms with Crippen LogP contribution in [0.5, 0.6) is 5.75 Å². The first-order valence-electron chi connectivity index (χ1n) is 6.20. The van der Waals surface area contributed by atoms with Crippen LogP contribution in [0.1, 0.15) is 35.3 Å². The molecule has 6 nitrogen and oxygen atoms in total. The molecule has 112 valence electrons. The second-order valence-corrected chi connectivity index (χ2v) is 5.72. The van der Waals surface area contributed by atoms with Crippen LogP contribution in [0.15, 0.2) is 11.0 Å². The Morgan fingerprint density at radius 2 is 1.85 bits per heavy atom. The minimum Gasteiger partial charge on any atom is -0.492 e. The highest BCUT2D eigenvalue weighted by atomic mass is 32.2. The molecule has 0 spiro atoms. The van der Waals surface area contributed by atoms with Crippen LogP contribution in [0.4, 0.5) is 0 Å². The lowest BCUT2D eigenvalue weighted by Crippen LogP contribution is -2.19. The van der Waals surface area contributed by atoms with Gasteiger partial charge in [-0.3, -0.25) is 0 Å². The number of primary sulfonamides is 1. The number of rotatable bonds is 5. The van der Waals surface area contributed by atoms with E-state index in [9.17, 15) is 13.2 Å². The molecule has 0 saturated carbocycles. The van der Waals surface area contributed by atoms with Crippen molar-refractivity contribution in [3.63, 3.8) is 0 Å². The van der Waals surface area contributed by atoms with Crippen molar-refractivity contribution in [2.45, 2.75) is 32.6 Å². The highest BCUT2D eigenvalue weighted by Crippen LogP contribution is 2.33. The first kappa shape index (κ1) is 16.5. The van der Waals surface area contributed by atoms with Gasteiger partial charge in [0.05, 0.1) is 13.2 Å². The average Bonchev–Trinajstić information content (AvgIpc) is 2.32. The number of sulfonamides is 1. The number of esters is 1. The Kier molecular flexibility index (Phi) is 5.13. The molecular weight excluding hydrogens is 282 g/mol. The molecule has 0 radical (unpaired) electrons. The Balaban J connectivity index is 3.69. The molecular formula is C13H19NO5S. The predicted octanol–water partition coefficient (Wildman–Crippen LogP) is 1.53. The van der Waals surface area contributed by atoms with Crippen LogP contribution in [0.3, 0.4) is 0 Å². The molecule has 1 aromatic rings. The second kappa shape index (κ2) is 6.23. The van der Waals surface area contributed by atoms with Crippen molar-refractivity contribution in [2.24, 2.45) is 5.14 Å². The molecule has 0 aliphatic carbocycles. The third-order valence-electron chi connectivity index (χ3n) is 2.81. The summed E-state index contributed by atoms with van der Waals surface area (Å²) in [6.07, 6.45) is 0. The van der Waals surface area contributed by atoms with Crippen molar-refractivity contribution in [3.8, 4) is 5.75 Å². The summed E-state index contributed by atoms with van der Waals surface area (Å²) in [5.74, 6) is -0.680. The predicted molar refractivity (Wildman–Crippen MR) is 74.4 cm³/mol. The number of carbonyl (C=O) groups excluding carboxylic acids is 1. The van der Waals surface area contributed by atoms with Crippen LogP contribution in [0.2, 0.25) is 0 Å². The SMILES string of the molecule is CCOC(=O)c1cc(C)c(C)c(S(N)(=O)=O)c1OCC. The molecule has 0 aliphatic rings. The highest BCUT2D eigenvalue weighted by molar-refractivity contribution is 7.89. The maximum Gasteiger partial charge on any atom is 0.341 e. The molecule has 1 aromatic carbocycles. The van der Waals surface area contributed by atoms with Crippen molar-refractivity contribution in [1.82, 2.24) is 0 Å². The van der Waals surface area contributed by atoms with Crippen molar-refractivity contribution in [2.75, 3.05) is 13.2 Å². The summed E-state index contributed by atoms with van der Waals surface area (Å²) < 4.78 is 33.8. The lowest BCUT2D eigenvalue weighted by atomic mass is 10.0. The van der Waals surface area contributed by atoms with Gasteiger partial charge in [-0.15, -0.1) is 0 Å². The van der Waals surface area contributed by atoms with Gasteiger partial charge in [0.1, 0.15) is 10.5 Å². The van der Waals surface area contributed by atoms with E-state index >= 15 is 0 Å². The third kappa shape index (κ3) is 3.29. The number of aryl methyl sites for hydroxylation is 1. The van der Waals surface area contributed by atoms with Gasteiger partial charge < -0.3 is 9.47 Å². The van der Waals surface area contributed by atoms with Crippen LogP contribution in [0.25, 0.3) is 0 Å².